The fraction of sp³-hybridized carbons (Fsp3) is 1.00. The summed E-state index contributed by atoms with van der Waals surface area (Å²) >= 11 is 0. The standard InChI is InChI=1S/C11H22N2O.2ClH/c1-10(11-2-4-12-5-3-11)13-6-8-14-9-7-13;;/h10-12H,2-9H2,1H3;2*1H. The molecule has 1 unspecified atom stereocenters. The number of nitrogens with one attached hydrogen (secondary N) is 1. The largest absolute Gasteiger partial charge is 0.379 e. The van der Waals surface area contributed by atoms with Crippen LogP contribution >= 0.6 is 24.8 Å². The van der Waals surface area contributed by atoms with Crippen molar-refractivity contribution in [3.05, 3.63) is 0 Å². The summed E-state index contributed by atoms with van der Waals surface area (Å²) in [5.74, 6) is 0.898. The summed E-state index contributed by atoms with van der Waals surface area (Å²) in [6.45, 7) is 8.92. The zero-order valence-electron chi connectivity index (χ0n) is 9.98. The summed E-state index contributed by atoms with van der Waals surface area (Å²) in [5, 5.41) is 3.43. The lowest BCUT2D eigenvalue weighted by Gasteiger charge is -2.38. The molecule has 2 aliphatic heterocycles. The predicted octanol–water partition coefficient (Wildman–Crippen LogP) is 1.55. The van der Waals surface area contributed by atoms with Gasteiger partial charge in [-0.2, -0.15) is 0 Å². The number of morpholine rings is 1. The molecule has 2 heterocycles. The van der Waals surface area contributed by atoms with Crippen LogP contribution < -0.4 is 5.32 Å². The Morgan fingerprint density at radius 3 is 2.25 bits per heavy atom. The average Bonchev–Trinajstić information content (AvgIpc) is 2.30. The van der Waals surface area contributed by atoms with Crippen LogP contribution in [0.25, 0.3) is 0 Å². The Bertz CT molecular complexity index is 153. The summed E-state index contributed by atoms with van der Waals surface area (Å²) in [7, 11) is 0. The number of hydrogen-bond donors (Lipinski definition) is 1. The van der Waals surface area contributed by atoms with Crippen molar-refractivity contribution in [1.82, 2.24) is 10.2 Å². The lowest BCUT2D eigenvalue weighted by atomic mass is 9.90. The van der Waals surface area contributed by atoms with Gasteiger partial charge in [0, 0.05) is 19.1 Å². The minimum atomic E-state index is 0. The maximum absolute atomic E-state index is 5.38. The minimum Gasteiger partial charge on any atom is -0.379 e. The van der Waals surface area contributed by atoms with Crippen molar-refractivity contribution >= 4 is 24.8 Å². The van der Waals surface area contributed by atoms with Crippen LogP contribution in [0.5, 0.6) is 0 Å². The fourth-order valence-electron chi connectivity index (χ4n) is 2.61. The van der Waals surface area contributed by atoms with E-state index in [0.29, 0.717) is 0 Å². The molecule has 16 heavy (non-hydrogen) atoms. The van der Waals surface area contributed by atoms with E-state index >= 15 is 0 Å². The second kappa shape index (κ2) is 8.54. The van der Waals surface area contributed by atoms with Crippen molar-refractivity contribution in [2.45, 2.75) is 25.8 Å². The average molecular weight is 271 g/mol. The minimum absolute atomic E-state index is 0. The van der Waals surface area contributed by atoms with Gasteiger partial charge < -0.3 is 10.1 Å². The quantitative estimate of drug-likeness (QED) is 0.824. The third-order valence-corrected chi connectivity index (χ3v) is 3.69. The maximum atomic E-state index is 5.38. The first-order chi connectivity index (χ1) is 6.88. The number of piperidine rings is 1. The van der Waals surface area contributed by atoms with E-state index in [1.54, 1.807) is 0 Å². The van der Waals surface area contributed by atoms with Gasteiger partial charge in [0.15, 0.2) is 0 Å². The van der Waals surface area contributed by atoms with E-state index in [-0.39, 0.29) is 24.8 Å². The van der Waals surface area contributed by atoms with Crippen LogP contribution in [0.15, 0.2) is 0 Å². The van der Waals surface area contributed by atoms with E-state index in [1.807, 2.05) is 0 Å². The molecular formula is C11H24Cl2N2O. The molecule has 0 saturated carbocycles. The van der Waals surface area contributed by atoms with E-state index in [2.05, 4.69) is 17.1 Å². The van der Waals surface area contributed by atoms with Gasteiger partial charge in [-0.15, -0.1) is 24.8 Å². The van der Waals surface area contributed by atoms with Crippen molar-refractivity contribution in [1.29, 1.82) is 0 Å². The Balaban J connectivity index is 0.00000112. The lowest BCUT2D eigenvalue weighted by molar-refractivity contribution is 0.00376. The van der Waals surface area contributed by atoms with Crippen LogP contribution in [0, 0.1) is 5.92 Å². The molecule has 0 amide bonds. The third kappa shape index (κ3) is 4.38. The van der Waals surface area contributed by atoms with Gasteiger partial charge >= 0.3 is 0 Å². The summed E-state index contributed by atoms with van der Waals surface area (Å²) in [6, 6.07) is 0.751. The van der Waals surface area contributed by atoms with Crippen molar-refractivity contribution in [2.75, 3.05) is 39.4 Å². The molecule has 98 valence electrons. The van der Waals surface area contributed by atoms with Crippen LogP contribution in [0.3, 0.4) is 0 Å². The normalized spacial score (nSPS) is 25.3. The van der Waals surface area contributed by atoms with Gasteiger partial charge in [0.1, 0.15) is 0 Å². The Kier molecular flexibility index (Phi) is 8.78. The van der Waals surface area contributed by atoms with Crippen LogP contribution in [0.1, 0.15) is 19.8 Å². The molecule has 0 spiro atoms. The molecule has 0 bridgehead atoms. The summed E-state index contributed by atoms with van der Waals surface area (Å²) in [4.78, 5) is 2.60. The highest BCUT2D eigenvalue weighted by Crippen LogP contribution is 2.21. The van der Waals surface area contributed by atoms with Crippen LogP contribution in [-0.4, -0.2) is 50.3 Å². The van der Waals surface area contributed by atoms with Gasteiger partial charge in [-0.3, -0.25) is 4.90 Å². The zero-order valence-corrected chi connectivity index (χ0v) is 11.6. The summed E-state index contributed by atoms with van der Waals surface area (Å²) in [5.41, 5.74) is 0. The molecule has 0 aromatic rings. The van der Waals surface area contributed by atoms with Gasteiger partial charge in [-0.05, 0) is 38.8 Å². The molecule has 2 fully saturated rings. The number of ether oxygens (including phenoxy) is 1. The molecule has 0 aliphatic carbocycles. The van der Waals surface area contributed by atoms with Gasteiger partial charge in [0.25, 0.3) is 0 Å². The topological polar surface area (TPSA) is 24.5 Å². The van der Waals surface area contributed by atoms with Crippen LogP contribution in [-0.2, 0) is 4.74 Å². The molecule has 0 aromatic heterocycles. The van der Waals surface area contributed by atoms with Crippen molar-refractivity contribution in [3.8, 4) is 0 Å². The van der Waals surface area contributed by atoms with Crippen molar-refractivity contribution < 1.29 is 4.74 Å². The third-order valence-electron chi connectivity index (χ3n) is 3.69. The first kappa shape index (κ1) is 16.5. The smallest absolute Gasteiger partial charge is 0.0594 e. The molecule has 3 nitrogen and oxygen atoms in total. The van der Waals surface area contributed by atoms with Gasteiger partial charge in [0.2, 0.25) is 0 Å². The molecule has 2 rings (SSSR count). The van der Waals surface area contributed by atoms with Crippen LogP contribution in [0.4, 0.5) is 0 Å². The molecule has 1 N–H and O–H groups in total. The Morgan fingerprint density at radius 1 is 1.12 bits per heavy atom. The SMILES string of the molecule is CC(C1CCNCC1)N1CCOCC1.Cl.Cl. The number of rotatable bonds is 2. The molecule has 2 saturated heterocycles. The molecule has 2 aliphatic rings. The first-order valence-corrected chi connectivity index (χ1v) is 5.90. The van der Waals surface area contributed by atoms with Crippen LogP contribution in [0.2, 0.25) is 0 Å². The maximum Gasteiger partial charge on any atom is 0.0594 e. The Labute approximate surface area is 111 Å². The first-order valence-electron chi connectivity index (χ1n) is 5.90. The number of halogens is 2. The van der Waals surface area contributed by atoms with E-state index in [4.69, 9.17) is 4.74 Å². The highest BCUT2D eigenvalue weighted by Gasteiger charge is 2.25. The molecular weight excluding hydrogens is 247 g/mol. The zero-order chi connectivity index (χ0) is 9.80. The summed E-state index contributed by atoms with van der Waals surface area (Å²) in [6.07, 6.45) is 2.69. The van der Waals surface area contributed by atoms with E-state index < -0.39 is 0 Å². The second-order valence-corrected chi connectivity index (χ2v) is 4.48. The van der Waals surface area contributed by atoms with Gasteiger partial charge in [-0.1, -0.05) is 0 Å². The number of nitrogens with zero attached hydrogens (tertiary/aromatic N) is 1. The second-order valence-electron chi connectivity index (χ2n) is 4.48. The molecule has 1 atom stereocenters. The van der Waals surface area contributed by atoms with E-state index in [1.165, 1.54) is 25.9 Å². The molecule has 0 radical (unpaired) electrons. The van der Waals surface area contributed by atoms with E-state index in [9.17, 15) is 0 Å². The van der Waals surface area contributed by atoms with Gasteiger partial charge in [-0.25, -0.2) is 0 Å². The predicted molar refractivity (Wildman–Crippen MR) is 71.9 cm³/mol. The number of hydrogen-bond acceptors (Lipinski definition) is 3. The van der Waals surface area contributed by atoms with E-state index in [0.717, 1.165) is 38.3 Å². The molecule has 5 heteroatoms. The fourth-order valence-corrected chi connectivity index (χ4v) is 2.61. The van der Waals surface area contributed by atoms with Crippen molar-refractivity contribution in [3.63, 3.8) is 0 Å². The highest BCUT2D eigenvalue weighted by molar-refractivity contribution is 5.85. The van der Waals surface area contributed by atoms with Crippen molar-refractivity contribution in [2.24, 2.45) is 5.92 Å². The summed E-state index contributed by atoms with van der Waals surface area (Å²) < 4.78 is 5.38. The Hall–Kier alpha value is 0.460. The molecule has 0 aromatic carbocycles. The highest BCUT2D eigenvalue weighted by atomic mass is 35.5. The Morgan fingerprint density at radius 2 is 1.69 bits per heavy atom. The monoisotopic (exact) mass is 270 g/mol. The lowest BCUT2D eigenvalue weighted by Crippen LogP contribution is -2.47. The van der Waals surface area contributed by atoms with Gasteiger partial charge in [0.05, 0.1) is 13.2 Å².